The molecule has 4 nitrogen and oxygen atoms in total. The fourth-order valence-electron chi connectivity index (χ4n) is 8.89. The van der Waals surface area contributed by atoms with Crippen molar-refractivity contribution in [2.45, 2.75) is 40.5 Å². The molecular weight excluding hydrogens is 681 g/mol. The summed E-state index contributed by atoms with van der Waals surface area (Å²) in [7, 11) is 0. The number of benzene rings is 6. The molecule has 270 valence electrons. The van der Waals surface area contributed by atoms with E-state index in [9.17, 15) is 0 Å². The highest BCUT2D eigenvalue weighted by Gasteiger charge is 2.18. The monoisotopic (exact) mass is 722 g/mol. The van der Waals surface area contributed by atoms with Crippen molar-refractivity contribution in [1.82, 2.24) is 19.1 Å². The molecule has 0 aliphatic rings. The molecule has 0 bridgehead atoms. The van der Waals surface area contributed by atoms with Crippen molar-refractivity contribution in [2.75, 3.05) is 0 Å². The van der Waals surface area contributed by atoms with Gasteiger partial charge in [-0.1, -0.05) is 98.8 Å². The highest BCUT2D eigenvalue weighted by atomic mass is 15.0. The highest BCUT2D eigenvalue weighted by Crippen LogP contribution is 2.38. The van der Waals surface area contributed by atoms with E-state index in [0.717, 1.165) is 46.5 Å². The maximum atomic E-state index is 4.99. The van der Waals surface area contributed by atoms with E-state index >= 15 is 0 Å². The van der Waals surface area contributed by atoms with Crippen LogP contribution in [0.25, 0.3) is 88.4 Å². The second-order valence-corrected chi connectivity index (χ2v) is 14.8. The van der Waals surface area contributed by atoms with Gasteiger partial charge in [-0.3, -0.25) is 9.97 Å². The molecule has 4 heterocycles. The molecule has 0 spiro atoms. The van der Waals surface area contributed by atoms with Crippen LogP contribution in [0.4, 0.5) is 0 Å². The Morgan fingerprint density at radius 2 is 0.732 bits per heavy atom. The van der Waals surface area contributed by atoms with Crippen LogP contribution in [-0.4, -0.2) is 19.1 Å². The van der Waals surface area contributed by atoms with Gasteiger partial charge in [0.25, 0.3) is 0 Å². The van der Waals surface area contributed by atoms with Crippen LogP contribution in [0.15, 0.2) is 158 Å². The summed E-state index contributed by atoms with van der Waals surface area (Å²) in [5.41, 5.74) is 18.7. The first-order valence-corrected chi connectivity index (χ1v) is 19.7. The molecule has 4 heteroatoms. The molecule has 56 heavy (non-hydrogen) atoms. The fourth-order valence-corrected chi connectivity index (χ4v) is 8.89. The van der Waals surface area contributed by atoms with Gasteiger partial charge in [-0.15, -0.1) is 0 Å². The number of nitrogens with zero attached hydrogens (tertiary/aromatic N) is 4. The highest BCUT2D eigenvalue weighted by molar-refractivity contribution is 6.10. The van der Waals surface area contributed by atoms with Crippen molar-refractivity contribution in [2.24, 2.45) is 0 Å². The average Bonchev–Trinajstić information content (AvgIpc) is 3.77. The van der Waals surface area contributed by atoms with E-state index in [1.165, 1.54) is 77.2 Å². The third-order valence-corrected chi connectivity index (χ3v) is 11.7. The average molecular weight is 723 g/mol. The van der Waals surface area contributed by atoms with Crippen LogP contribution >= 0.6 is 0 Å². The summed E-state index contributed by atoms with van der Waals surface area (Å²) < 4.78 is 4.79. The first-order valence-electron chi connectivity index (χ1n) is 19.7. The molecule has 0 saturated heterocycles. The lowest BCUT2D eigenvalue weighted by atomic mass is 9.92. The minimum atomic E-state index is 0.907. The molecule has 10 aromatic rings. The van der Waals surface area contributed by atoms with Crippen LogP contribution in [0.3, 0.4) is 0 Å². The molecule has 0 amide bonds. The predicted molar refractivity (Wildman–Crippen MR) is 235 cm³/mol. The number of aromatic nitrogens is 4. The quantitative estimate of drug-likeness (QED) is 0.164. The van der Waals surface area contributed by atoms with Crippen LogP contribution in [0.1, 0.15) is 36.4 Å². The second-order valence-electron chi connectivity index (χ2n) is 14.8. The van der Waals surface area contributed by atoms with Crippen LogP contribution in [0.5, 0.6) is 0 Å². The van der Waals surface area contributed by atoms with Gasteiger partial charge in [-0.2, -0.15) is 0 Å². The zero-order chi connectivity index (χ0) is 37.9. The normalized spacial score (nSPS) is 11.7. The van der Waals surface area contributed by atoms with Crippen molar-refractivity contribution in [3.8, 4) is 44.8 Å². The fraction of sp³-hybridized carbons (Fsp3) is 0.115. The number of aryl methyl sites for hydroxylation is 4. The van der Waals surface area contributed by atoms with E-state index in [2.05, 4.69) is 182 Å². The predicted octanol–water partition coefficient (Wildman–Crippen LogP) is 13.4. The van der Waals surface area contributed by atoms with E-state index < -0.39 is 0 Å². The Balaban J connectivity index is 1.05. The summed E-state index contributed by atoms with van der Waals surface area (Å²) in [5.74, 6) is 0. The first-order chi connectivity index (χ1) is 27.5. The molecule has 0 N–H and O–H groups in total. The summed E-state index contributed by atoms with van der Waals surface area (Å²) in [6, 6.07) is 53.2. The van der Waals surface area contributed by atoms with Gasteiger partial charge in [0, 0.05) is 79.0 Å². The van der Waals surface area contributed by atoms with E-state index in [-0.39, 0.29) is 0 Å². The molecule has 0 unspecified atom stereocenters. The third-order valence-electron chi connectivity index (χ3n) is 11.7. The van der Waals surface area contributed by atoms with Gasteiger partial charge in [-0.05, 0) is 110 Å². The minimum absolute atomic E-state index is 0.907. The Morgan fingerprint density at radius 1 is 0.393 bits per heavy atom. The van der Waals surface area contributed by atoms with Crippen molar-refractivity contribution in [3.05, 3.63) is 181 Å². The zero-order valence-electron chi connectivity index (χ0n) is 32.2. The van der Waals surface area contributed by atoms with E-state index in [1.54, 1.807) is 0 Å². The molecule has 0 aliphatic carbocycles. The maximum absolute atomic E-state index is 4.99. The topological polar surface area (TPSA) is 35.6 Å². The van der Waals surface area contributed by atoms with Gasteiger partial charge in [-0.25, -0.2) is 0 Å². The minimum Gasteiger partial charge on any atom is -0.309 e. The molecule has 4 aromatic heterocycles. The molecular formula is C52H42N4. The van der Waals surface area contributed by atoms with Gasteiger partial charge in [0.05, 0.1) is 22.1 Å². The number of hydrogen-bond donors (Lipinski definition) is 0. The van der Waals surface area contributed by atoms with Crippen molar-refractivity contribution < 1.29 is 0 Å². The van der Waals surface area contributed by atoms with E-state index in [1.807, 2.05) is 12.4 Å². The van der Waals surface area contributed by atoms with Gasteiger partial charge in [0.1, 0.15) is 0 Å². The van der Waals surface area contributed by atoms with Gasteiger partial charge >= 0.3 is 0 Å². The van der Waals surface area contributed by atoms with E-state index in [4.69, 9.17) is 9.97 Å². The summed E-state index contributed by atoms with van der Waals surface area (Å²) in [6.45, 7) is 8.70. The van der Waals surface area contributed by atoms with Crippen molar-refractivity contribution in [1.29, 1.82) is 0 Å². The van der Waals surface area contributed by atoms with Gasteiger partial charge < -0.3 is 9.13 Å². The Labute approximate surface area is 327 Å². The van der Waals surface area contributed by atoms with Gasteiger partial charge in [0.2, 0.25) is 0 Å². The Kier molecular flexibility index (Phi) is 8.14. The zero-order valence-corrected chi connectivity index (χ0v) is 32.2. The SMILES string of the molecule is CCc1cc(-n2c3ccccc3c3ccccc32)ccc1-c1cnc(C)c(-c2cc(-c3ccc(-n4c5ccccc5c5ccccc54)cc3CC)cnc2C)c1. The molecule has 0 aliphatic heterocycles. The molecule has 0 saturated carbocycles. The van der Waals surface area contributed by atoms with Crippen LogP contribution in [0, 0.1) is 13.8 Å². The number of rotatable bonds is 7. The van der Waals surface area contributed by atoms with Crippen LogP contribution in [0.2, 0.25) is 0 Å². The Morgan fingerprint density at radius 3 is 1.07 bits per heavy atom. The molecule has 0 fully saturated rings. The summed E-state index contributed by atoms with van der Waals surface area (Å²) in [5, 5.41) is 5.09. The molecule has 0 radical (unpaired) electrons. The van der Waals surface area contributed by atoms with Crippen LogP contribution in [-0.2, 0) is 12.8 Å². The third kappa shape index (κ3) is 5.36. The van der Waals surface area contributed by atoms with Gasteiger partial charge in [0.15, 0.2) is 0 Å². The first kappa shape index (κ1) is 33.8. The number of fused-ring (bicyclic) bond motifs is 6. The molecule has 10 rings (SSSR count). The Hall–Kier alpha value is -6.78. The van der Waals surface area contributed by atoms with E-state index in [0.29, 0.717) is 0 Å². The Bertz CT molecular complexity index is 2820. The second kappa shape index (κ2) is 13.5. The molecule has 0 atom stereocenters. The summed E-state index contributed by atoms with van der Waals surface area (Å²) in [4.78, 5) is 9.99. The number of para-hydroxylation sites is 4. The maximum Gasteiger partial charge on any atom is 0.0541 e. The van der Waals surface area contributed by atoms with Crippen molar-refractivity contribution >= 4 is 43.6 Å². The largest absolute Gasteiger partial charge is 0.309 e. The van der Waals surface area contributed by atoms with Crippen molar-refractivity contribution in [3.63, 3.8) is 0 Å². The smallest absolute Gasteiger partial charge is 0.0541 e. The molecule has 6 aromatic carbocycles. The lowest BCUT2D eigenvalue weighted by molar-refractivity contribution is 1.10. The van der Waals surface area contributed by atoms with Crippen LogP contribution < -0.4 is 0 Å². The number of hydrogen-bond acceptors (Lipinski definition) is 2. The summed E-state index contributed by atoms with van der Waals surface area (Å²) in [6.07, 6.45) is 5.87. The number of pyridine rings is 2. The lowest BCUT2D eigenvalue weighted by Crippen LogP contribution is -1.99. The summed E-state index contributed by atoms with van der Waals surface area (Å²) >= 11 is 0. The standard InChI is InChI=1S/C52H42N4/c1-5-35-27-39(55-49-19-11-7-15-43(49)44-16-8-12-20-50(44)55)23-25-41(35)37-29-47(33(3)53-31-37)48-30-38(32-54-34(48)4)42-26-24-40(28-36(42)6-2)56-51-21-13-9-17-45(51)46-18-10-14-22-52(46)56/h7-32H,5-6H2,1-4H3. The lowest BCUT2D eigenvalue weighted by Gasteiger charge is -2.17.